The van der Waals surface area contributed by atoms with Crippen LogP contribution >= 0.6 is 0 Å². The van der Waals surface area contributed by atoms with Crippen molar-refractivity contribution < 1.29 is 19.1 Å². The third kappa shape index (κ3) is 3.48. The standard InChI is InChI=1S/C20H20N4O4/c1-13-10-14-4-2-3-5-16(14)24(13)11-17-15(7-9-28-17)20(27)21-18-6-8-23(22-18)12-19(25)26/h2-9,13H,10-12H2,1H3,(H,25,26)(H,21,22,27). The molecule has 8 nitrogen and oxygen atoms in total. The summed E-state index contributed by atoms with van der Waals surface area (Å²) in [5, 5.41) is 15.5. The van der Waals surface area contributed by atoms with Gasteiger partial charge in [0.1, 0.15) is 12.3 Å². The van der Waals surface area contributed by atoms with Gasteiger partial charge in [-0.15, -0.1) is 0 Å². The van der Waals surface area contributed by atoms with Crippen molar-refractivity contribution in [3.63, 3.8) is 0 Å². The minimum Gasteiger partial charge on any atom is -0.480 e. The first-order chi connectivity index (χ1) is 13.5. The Kier molecular flexibility index (Phi) is 4.60. The maximum atomic E-state index is 12.7. The highest BCUT2D eigenvalue weighted by molar-refractivity contribution is 6.04. The molecule has 0 bridgehead atoms. The molecule has 3 heterocycles. The summed E-state index contributed by atoms with van der Waals surface area (Å²) in [4.78, 5) is 25.6. The van der Waals surface area contributed by atoms with E-state index in [2.05, 4.69) is 34.4 Å². The Balaban J connectivity index is 1.49. The predicted molar refractivity (Wildman–Crippen MR) is 102 cm³/mol. The SMILES string of the molecule is CC1Cc2ccccc2N1Cc1occc1C(=O)Nc1ccn(CC(=O)O)n1. The van der Waals surface area contributed by atoms with Crippen molar-refractivity contribution in [2.24, 2.45) is 0 Å². The molecule has 1 amide bonds. The molecule has 0 spiro atoms. The molecule has 2 N–H and O–H groups in total. The molecule has 28 heavy (non-hydrogen) atoms. The molecule has 0 saturated heterocycles. The van der Waals surface area contributed by atoms with E-state index in [0.717, 1.165) is 12.1 Å². The molecule has 8 heteroatoms. The molecule has 1 aliphatic heterocycles. The van der Waals surface area contributed by atoms with E-state index in [0.29, 0.717) is 29.7 Å². The van der Waals surface area contributed by atoms with Gasteiger partial charge in [0.05, 0.1) is 18.4 Å². The number of fused-ring (bicyclic) bond motifs is 1. The van der Waals surface area contributed by atoms with Gasteiger partial charge in [-0.25, -0.2) is 0 Å². The van der Waals surface area contributed by atoms with Crippen LogP contribution in [0.5, 0.6) is 0 Å². The maximum Gasteiger partial charge on any atom is 0.325 e. The number of carbonyl (C=O) groups excluding carboxylic acids is 1. The van der Waals surface area contributed by atoms with Crippen LogP contribution in [0, 0.1) is 0 Å². The summed E-state index contributed by atoms with van der Waals surface area (Å²) in [6.07, 6.45) is 3.96. The van der Waals surface area contributed by atoms with Crippen molar-refractivity contribution in [1.29, 1.82) is 0 Å². The van der Waals surface area contributed by atoms with Crippen LogP contribution in [-0.2, 0) is 24.3 Å². The topological polar surface area (TPSA) is 101 Å². The monoisotopic (exact) mass is 380 g/mol. The molecule has 1 aromatic carbocycles. The molecule has 0 saturated carbocycles. The number of hydrogen-bond acceptors (Lipinski definition) is 5. The quantitative estimate of drug-likeness (QED) is 0.682. The normalized spacial score (nSPS) is 15.5. The Hall–Kier alpha value is -3.55. The highest BCUT2D eigenvalue weighted by Gasteiger charge is 2.28. The highest BCUT2D eigenvalue weighted by Crippen LogP contribution is 2.33. The Morgan fingerprint density at radius 1 is 1.29 bits per heavy atom. The molecule has 2 aromatic heterocycles. The lowest BCUT2D eigenvalue weighted by Crippen LogP contribution is -2.29. The number of carboxylic acids is 1. The van der Waals surface area contributed by atoms with Gasteiger partial charge in [0.25, 0.3) is 5.91 Å². The van der Waals surface area contributed by atoms with Crippen LogP contribution < -0.4 is 10.2 Å². The molecule has 1 aliphatic rings. The number of para-hydroxylation sites is 1. The molecule has 3 aromatic rings. The second-order valence-corrected chi connectivity index (χ2v) is 6.81. The minimum atomic E-state index is -1.00. The fourth-order valence-corrected chi connectivity index (χ4v) is 3.53. The van der Waals surface area contributed by atoms with Gasteiger partial charge in [0, 0.05) is 24.0 Å². The Morgan fingerprint density at radius 2 is 2.11 bits per heavy atom. The summed E-state index contributed by atoms with van der Waals surface area (Å²) in [5.74, 6) is -0.480. The zero-order valence-corrected chi connectivity index (χ0v) is 15.3. The van der Waals surface area contributed by atoms with Crippen molar-refractivity contribution in [2.45, 2.75) is 32.5 Å². The van der Waals surface area contributed by atoms with Crippen molar-refractivity contribution in [2.75, 3.05) is 10.2 Å². The first kappa shape index (κ1) is 17.8. The maximum absolute atomic E-state index is 12.7. The van der Waals surface area contributed by atoms with Crippen LogP contribution in [0.2, 0.25) is 0 Å². The van der Waals surface area contributed by atoms with Crippen molar-refractivity contribution >= 4 is 23.4 Å². The highest BCUT2D eigenvalue weighted by atomic mass is 16.4. The van der Waals surface area contributed by atoms with Crippen molar-refractivity contribution in [1.82, 2.24) is 9.78 Å². The average Bonchev–Trinajstić information content (AvgIpc) is 3.35. The Labute approximate surface area is 161 Å². The molecule has 1 unspecified atom stereocenters. The number of furan rings is 1. The number of carboxylic acid groups (broad SMARTS) is 1. The second kappa shape index (κ2) is 7.22. The number of amides is 1. The van der Waals surface area contributed by atoms with E-state index in [1.54, 1.807) is 12.1 Å². The molecular weight excluding hydrogens is 360 g/mol. The minimum absolute atomic E-state index is 0.265. The number of nitrogens with zero attached hydrogens (tertiary/aromatic N) is 3. The van der Waals surface area contributed by atoms with Crippen LogP contribution in [0.3, 0.4) is 0 Å². The number of aliphatic carboxylic acids is 1. The van der Waals surface area contributed by atoms with E-state index in [-0.39, 0.29) is 12.5 Å². The number of nitrogens with one attached hydrogen (secondary N) is 1. The van der Waals surface area contributed by atoms with Gasteiger partial charge < -0.3 is 19.7 Å². The van der Waals surface area contributed by atoms with E-state index in [4.69, 9.17) is 9.52 Å². The van der Waals surface area contributed by atoms with Crippen LogP contribution in [0.1, 0.15) is 28.6 Å². The zero-order chi connectivity index (χ0) is 19.7. The molecule has 144 valence electrons. The van der Waals surface area contributed by atoms with Crippen molar-refractivity contribution in [3.05, 3.63) is 65.7 Å². The van der Waals surface area contributed by atoms with E-state index in [9.17, 15) is 9.59 Å². The lowest BCUT2D eigenvalue weighted by molar-refractivity contribution is -0.137. The van der Waals surface area contributed by atoms with Crippen LogP contribution in [0.4, 0.5) is 11.5 Å². The van der Waals surface area contributed by atoms with E-state index >= 15 is 0 Å². The first-order valence-corrected chi connectivity index (χ1v) is 8.99. The number of benzene rings is 1. The largest absolute Gasteiger partial charge is 0.480 e. The van der Waals surface area contributed by atoms with E-state index in [1.165, 1.54) is 22.7 Å². The second-order valence-electron chi connectivity index (χ2n) is 6.81. The van der Waals surface area contributed by atoms with E-state index in [1.807, 2.05) is 12.1 Å². The third-order valence-corrected chi connectivity index (χ3v) is 4.83. The molecule has 1 atom stereocenters. The van der Waals surface area contributed by atoms with Gasteiger partial charge in [-0.1, -0.05) is 18.2 Å². The molecule has 0 radical (unpaired) electrons. The predicted octanol–water partition coefficient (Wildman–Crippen LogP) is 2.76. The number of hydrogen-bond donors (Lipinski definition) is 2. The zero-order valence-electron chi connectivity index (χ0n) is 15.3. The molecular formula is C20H20N4O4. The van der Waals surface area contributed by atoms with Gasteiger partial charge in [0.2, 0.25) is 0 Å². The number of carbonyl (C=O) groups is 2. The lowest BCUT2D eigenvalue weighted by Gasteiger charge is -2.24. The smallest absolute Gasteiger partial charge is 0.325 e. The summed E-state index contributed by atoms with van der Waals surface area (Å²) in [6, 6.07) is 11.7. The number of rotatable bonds is 6. The summed E-state index contributed by atoms with van der Waals surface area (Å²) < 4.78 is 6.85. The van der Waals surface area contributed by atoms with Gasteiger partial charge in [-0.2, -0.15) is 5.10 Å². The summed E-state index contributed by atoms with van der Waals surface area (Å²) in [6.45, 7) is 2.37. The third-order valence-electron chi connectivity index (χ3n) is 4.83. The Morgan fingerprint density at radius 3 is 2.93 bits per heavy atom. The Bertz CT molecular complexity index is 1020. The lowest BCUT2D eigenvalue weighted by atomic mass is 10.1. The summed E-state index contributed by atoms with van der Waals surface area (Å²) in [7, 11) is 0. The summed E-state index contributed by atoms with van der Waals surface area (Å²) >= 11 is 0. The fraction of sp³-hybridized carbons (Fsp3) is 0.250. The molecule has 0 aliphatic carbocycles. The first-order valence-electron chi connectivity index (χ1n) is 8.99. The van der Waals surface area contributed by atoms with E-state index < -0.39 is 5.97 Å². The average molecular weight is 380 g/mol. The number of anilines is 2. The molecule has 0 fully saturated rings. The van der Waals surface area contributed by atoms with Crippen LogP contribution in [0.25, 0.3) is 0 Å². The fourth-order valence-electron chi connectivity index (χ4n) is 3.53. The van der Waals surface area contributed by atoms with Crippen LogP contribution in [-0.4, -0.2) is 32.8 Å². The number of aromatic nitrogens is 2. The van der Waals surface area contributed by atoms with Gasteiger partial charge in [-0.3, -0.25) is 14.3 Å². The van der Waals surface area contributed by atoms with Crippen LogP contribution in [0.15, 0.2) is 53.3 Å². The van der Waals surface area contributed by atoms with Gasteiger partial charge in [-0.05, 0) is 31.0 Å². The van der Waals surface area contributed by atoms with Crippen molar-refractivity contribution in [3.8, 4) is 0 Å². The summed E-state index contributed by atoms with van der Waals surface area (Å²) in [5.41, 5.74) is 2.88. The van der Waals surface area contributed by atoms with Gasteiger partial charge >= 0.3 is 5.97 Å². The molecule has 4 rings (SSSR count). The van der Waals surface area contributed by atoms with Gasteiger partial charge in [0.15, 0.2) is 5.82 Å².